The molecule has 0 saturated carbocycles. The number of nitrogens with zero attached hydrogens (tertiary/aromatic N) is 3. The molecule has 2 aliphatic rings. The van der Waals surface area contributed by atoms with Crippen LogP contribution in [0.3, 0.4) is 0 Å². The fourth-order valence-electron chi connectivity index (χ4n) is 3.73. The zero-order valence-corrected chi connectivity index (χ0v) is 20.0. The fraction of sp³-hybridized carbons (Fsp3) is 0.545. The average molecular weight is 479 g/mol. The van der Waals surface area contributed by atoms with Crippen molar-refractivity contribution in [3.05, 3.63) is 27.7 Å². The molecule has 0 radical (unpaired) electrons. The van der Waals surface area contributed by atoms with Crippen LogP contribution in [-0.2, 0) is 20.7 Å². The highest BCUT2D eigenvalue weighted by Crippen LogP contribution is 2.37. The van der Waals surface area contributed by atoms with Crippen LogP contribution in [0.1, 0.15) is 48.8 Å². The summed E-state index contributed by atoms with van der Waals surface area (Å²) in [5, 5.41) is 3.78. The van der Waals surface area contributed by atoms with Crippen LogP contribution in [-0.4, -0.2) is 64.7 Å². The lowest BCUT2D eigenvalue weighted by Crippen LogP contribution is -2.42. The van der Waals surface area contributed by atoms with Gasteiger partial charge in [0.15, 0.2) is 0 Å². The normalized spacial score (nSPS) is 17.2. The van der Waals surface area contributed by atoms with E-state index in [9.17, 15) is 9.59 Å². The van der Waals surface area contributed by atoms with Gasteiger partial charge in [0.25, 0.3) is 5.91 Å². The SMILES string of the molecule is CC(C)(C)OC(=O)CN1CCc2sc(-c3nc(NC4CCOCC4)ncc3Cl)cc2C1=O. The Morgan fingerprint density at radius 2 is 2.12 bits per heavy atom. The Hall–Kier alpha value is -2.23. The second kappa shape index (κ2) is 9.33. The van der Waals surface area contributed by atoms with Crippen LogP contribution < -0.4 is 5.32 Å². The van der Waals surface area contributed by atoms with E-state index >= 15 is 0 Å². The maximum atomic E-state index is 13.0. The number of carbonyl (C=O) groups is 2. The molecular formula is C22H27ClN4O4S. The van der Waals surface area contributed by atoms with E-state index in [-0.39, 0.29) is 18.5 Å². The first-order valence-corrected chi connectivity index (χ1v) is 11.9. The summed E-state index contributed by atoms with van der Waals surface area (Å²) in [5.74, 6) is -0.0710. The summed E-state index contributed by atoms with van der Waals surface area (Å²) in [6.45, 7) is 7.27. The van der Waals surface area contributed by atoms with Gasteiger partial charge in [-0.3, -0.25) is 9.59 Å². The zero-order chi connectivity index (χ0) is 22.9. The molecule has 2 aliphatic heterocycles. The van der Waals surface area contributed by atoms with Gasteiger partial charge in [0, 0.05) is 37.1 Å². The molecule has 1 saturated heterocycles. The lowest BCUT2D eigenvalue weighted by molar-refractivity contribution is -0.155. The Kier molecular flexibility index (Phi) is 6.69. The van der Waals surface area contributed by atoms with E-state index in [2.05, 4.69) is 15.3 Å². The van der Waals surface area contributed by atoms with Crippen molar-refractivity contribution in [2.45, 2.75) is 51.7 Å². The Labute approximate surface area is 196 Å². The molecule has 8 nitrogen and oxygen atoms in total. The van der Waals surface area contributed by atoms with Crippen molar-refractivity contribution < 1.29 is 19.1 Å². The van der Waals surface area contributed by atoms with E-state index < -0.39 is 11.6 Å². The molecule has 0 spiro atoms. The van der Waals surface area contributed by atoms with Gasteiger partial charge in [-0.1, -0.05) is 11.6 Å². The van der Waals surface area contributed by atoms with E-state index in [1.807, 2.05) is 26.8 Å². The van der Waals surface area contributed by atoms with Crippen LogP contribution in [0.25, 0.3) is 10.6 Å². The molecule has 32 heavy (non-hydrogen) atoms. The molecule has 4 heterocycles. The van der Waals surface area contributed by atoms with Crippen LogP contribution in [0.2, 0.25) is 5.02 Å². The standard InChI is InChI=1S/C22H27ClN4O4S/c1-22(2,3)31-18(28)12-27-7-4-16-14(20(27)29)10-17(32-16)19-15(23)11-24-21(26-19)25-13-5-8-30-9-6-13/h10-11,13H,4-9,12H2,1-3H3,(H,24,25,26). The first-order chi connectivity index (χ1) is 15.2. The molecule has 0 unspecified atom stereocenters. The topological polar surface area (TPSA) is 93.7 Å². The minimum atomic E-state index is -0.587. The number of nitrogens with one attached hydrogen (secondary N) is 1. The van der Waals surface area contributed by atoms with E-state index in [1.165, 1.54) is 16.2 Å². The van der Waals surface area contributed by atoms with Crippen molar-refractivity contribution in [3.63, 3.8) is 0 Å². The lowest BCUT2D eigenvalue weighted by atomic mass is 10.1. The number of carbonyl (C=O) groups excluding carboxylic acids is 2. The summed E-state index contributed by atoms with van der Waals surface area (Å²) in [7, 11) is 0. The molecule has 0 aromatic carbocycles. The third-order valence-electron chi connectivity index (χ3n) is 5.21. The molecular weight excluding hydrogens is 452 g/mol. The predicted octanol–water partition coefficient (Wildman–Crippen LogP) is 3.79. The zero-order valence-electron chi connectivity index (χ0n) is 18.4. The Morgan fingerprint density at radius 3 is 2.84 bits per heavy atom. The van der Waals surface area contributed by atoms with Gasteiger partial charge >= 0.3 is 5.97 Å². The second-order valence-corrected chi connectivity index (χ2v) is 10.5. The summed E-state index contributed by atoms with van der Waals surface area (Å²) >= 11 is 7.92. The summed E-state index contributed by atoms with van der Waals surface area (Å²) in [6, 6.07) is 2.08. The molecule has 1 amide bonds. The van der Waals surface area contributed by atoms with Crippen LogP contribution in [0.15, 0.2) is 12.3 Å². The molecule has 0 atom stereocenters. The number of anilines is 1. The van der Waals surface area contributed by atoms with Crippen molar-refractivity contribution >= 4 is 40.8 Å². The summed E-state index contributed by atoms with van der Waals surface area (Å²) < 4.78 is 10.8. The number of esters is 1. The van der Waals surface area contributed by atoms with Gasteiger partial charge in [0.1, 0.15) is 17.8 Å². The third kappa shape index (κ3) is 5.39. The Balaban J connectivity index is 1.51. The van der Waals surface area contributed by atoms with Crippen molar-refractivity contribution in [1.82, 2.24) is 14.9 Å². The van der Waals surface area contributed by atoms with Crippen molar-refractivity contribution in [1.29, 1.82) is 0 Å². The highest BCUT2D eigenvalue weighted by Gasteiger charge is 2.30. The minimum absolute atomic E-state index is 0.0614. The molecule has 1 fully saturated rings. The highest BCUT2D eigenvalue weighted by molar-refractivity contribution is 7.16. The second-order valence-electron chi connectivity index (χ2n) is 8.93. The van der Waals surface area contributed by atoms with Crippen molar-refractivity contribution in [2.24, 2.45) is 0 Å². The Bertz CT molecular complexity index is 1010. The molecule has 0 bridgehead atoms. The Morgan fingerprint density at radius 1 is 1.38 bits per heavy atom. The van der Waals surface area contributed by atoms with Gasteiger partial charge in [0.05, 0.1) is 21.7 Å². The van der Waals surface area contributed by atoms with Gasteiger partial charge in [-0.05, 0) is 39.7 Å². The number of ether oxygens (including phenoxy) is 2. The number of rotatable bonds is 5. The van der Waals surface area contributed by atoms with E-state index in [0.29, 0.717) is 35.2 Å². The number of amides is 1. The largest absolute Gasteiger partial charge is 0.459 e. The number of hydrogen-bond donors (Lipinski definition) is 1. The molecule has 1 N–H and O–H groups in total. The van der Waals surface area contributed by atoms with Gasteiger partial charge < -0.3 is 19.7 Å². The number of fused-ring (bicyclic) bond motifs is 1. The number of aromatic nitrogens is 2. The van der Waals surface area contributed by atoms with Crippen LogP contribution in [0, 0.1) is 0 Å². The monoisotopic (exact) mass is 478 g/mol. The van der Waals surface area contributed by atoms with E-state index in [1.54, 1.807) is 6.20 Å². The predicted molar refractivity (Wildman–Crippen MR) is 123 cm³/mol. The molecule has 2 aromatic rings. The smallest absolute Gasteiger partial charge is 0.326 e. The molecule has 2 aromatic heterocycles. The van der Waals surface area contributed by atoms with Crippen LogP contribution in [0.5, 0.6) is 0 Å². The number of hydrogen-bond acceptors (Lipinski definition) is 8. The van der Waals surface area contributed by atoms with Crippen LogP contribution in [0.4, 0.5) is 5.95 Å². The van der Waals surface area contributed by atoms with Gasteiger partial charge in [-0.25, -0.2) is 9.97 Å². The lowest BCUT2D eigenvalue weighted by Gasteiger charge is -2.27. The highest BCUT2D eigenvalue weighted by atomic mass is 35.5. The van der Waals surface area contributed by atoms with Gasteiger partial charge in [-0.2, -0.15) is 0 Å². The van der Waals surface area contributed by atoms with Gasteiger partial charge in [0.2, 0.25) is 5.95 Å². The minimum Gasteiger partial charge on any atom is -0.459 e. The molecule has 172 valence electrons. The van der Waals surface area contributed by atoms with Crippen LogP contribution >= 0.6 is 22.9 Å². The van der Waals surface area contributed by atoms with Crippen molar-refractivity contribution in [3.8, 4) is 10.6 Å². The van der Waals surface area contributed by atoms with Gasteiger partial charge in [-0.15, -0.1) is 11.3 Å². The first-order valence-electron chi connectivity index (χ1n) is 10.7. The summed E-state index contributed by atoms with van der Waals surface area (Å²) in [5.41, 5.74) is 0.604. The fourth-order valence-corrected chi connectivity index (χ4v) is 5.13. The van der Waals surface area contributed by atoms with E-state index in [4.69, 9.17) is 21.1 Å². The van der Waals surface area contributed by atoms with Crippen molar-refractivity contribution in [2.75, 3.05) is 31.6 Å². The molecule has 4 rings (SSSR count). The summed E-state index contributed by atoms with van der Waals surface area (Å²) in [6.07, 6.45) is 4.05. The number of halogens is 1. The molecule has 0 aliphatic carbocycles. The summed E-state index contributed by atoms with van der Waals surface area (Å²) in [4.78, 5) is 37.5. The first kappa shape index (κ1) is 22.9. The van der Waals surface area contributed by atoms with E-state index in [0.717, 1.165) is 35.8 Å². The molecule has 10 heteroatoms. The average Bonchev–Trinajstić information content (AvgIpc) is 3.16. The maximum Gasteiger partial charge on any atom is 0.326 e. The maximum absolute atomic E-state index is 13.0. The number of thiophene rings is 1. The quantitative estimate of drug-likeness (QED) is 0.653. The third-order valence-corrected chi connectivity index (χ3v) is 6.69.